The molecule has 266 valence electrons. The maximum absolute atomic E-state index is 10.2. The molecule has 0 bridgehead atoms. The average molecular weight is 731 g/mol. The third-order valence-corrected chi connectivity index (χ3v) is 10.7. The maximum atomic E-state index is 10.2. The van der Waals surface area contributed by atoms with Crippen LogP contribution in [0.2, 0.25) is 0 Å². The molecule has 0 fully saturated rings. The number of nitriles is 1. The van der Waals surface area contributed by atoms with Crippen molar-refractivity contribution in [3.63, 3.8) is 0 Å². The van der Waals surface area contributed by atoms with Crippen LogP contribution in [0.1, 0.15) is 5.56 Å². The first-order chi connectivity index (χ1) is 28.1. The quantitative estimate of drug-likeness (QED) is 0.159. The Bertz CT molecular complexity index is 3190. The van der Waals surface area contributed by atoms with Crippen molar-refractivity contribution in [3.05, 3.63) is 188 Å². The SMILES string of the molecule is N#Cc1cc(-c2ccc3cc(N(c4ccc(-c5nc6ccccc6o5)cc4)c4ccc(-c5nc6ccccc6o5)cc4)ccc3c2)cc2c1ccc1ccccc12. The molecule has 0 radical (unpaired) electrons. The lowest BCUT2D eigenvalue weighted by molar-refractivity contribution is 0.619. The molecule has 0 atom stereocenters. The van der Waals surface area contributed by atoms with Gasteiger partial charge in [0.05, 0.1) is 11.6 Å². The molecular weight excluding hydrogens is 701 g/mol. The van der Waals surface area contributed by atoms with Crippen LogP contribution < -0.4 is 4.90 Å². The summed E-state index contributed by atoms with van der Waals surface area (Å²) in [6.45, 7) is 0. The predicted octanol–water partition coefficient (Wildman–Crippen LogP) is 13.8. The molecule has 2 heterocycles. The van der Waals surface area contributed by atoms with Crippen molar-refractivity contribution in [2.24, 2.45) is 0 Å². The molecule has 0 aliphatic rings. The van der Waals surface area contributed by atoms with Crippen molar-refractivity contribution in [2.75, 3.05) is 4.90 Å². The molecule has 6 heteroatoms. The Balaban J connectivity index is 0.990. The van der Waals surface area contributed by atoms with Crippen molar-refractivity contribution < 1.29 is 8.83 Å². The second kappa shape index (κ2) is 13.1. The highest BCUT2D eigenvalue weighted by Crippen LogP contribution is 2.40. The van der Waals surface area contributed by atoms with Gasteiger partial charge in [-0.1, -0.05) is 78.9 Å². The molecule has 6 nitrogen and oxygen atoms in total. The van der Waals surface area contributed by atoms with E-state index in [2.05, 4.69) is 132 Å². The Labute approximate surface area is 327 Å². The summed E-state index contributed by atoms with van der Waals surface area (Å²) >= 11 is 0. The second-order valence-electron chi connectivity index (χ2n) is 14.2. The number of aromatic nitrogens is 2. The Kier molecular flexibility index (Phi) is 7.44. The molecule has 0 saturated heterocycles. The van der Waals surface area contributed by atoms with E-state index in [-0.39, 0.29) is 0 Å². The highest BCUT2D eigenvalue weighted by molar-refractivity contribution is 6.10. The van der Waals surface area contributed by atoms with Crippen LogP contribution in [0.15, 0.2) is 191 Å². The van der Waals surface area contributed by atoms with Gasteiger partial charge in [-0.3, -0.25) is 0 Å². The van der Waals surface area contributed by atoms with E-state index in [1.807, 2.05) is 60.7 Å². The van der Waals surface area contributed by atoms with Gasteiger partial charge in [-0.25, -0.2) is 9.97 Å². The molecule has 11 rings (SSSR count). The third kappa shape index (κ3) is 5.65. The number of anilines is 3. The first-order valence-electron chi connectivity index (χ1n) is 18.8. The van der Waals surface area contributed by atoms with Gasteiger partial charge in [0.2, 0.25) is 11.8 Å². The summed E-state index contributed by atoms with van der Waals surface area (Å²) in [7, 11) is 0. The number of oxazole rings is 2. The number of hydrogen-bond acceptors (Lipinski definition) is 6. The standard InChI is InChI=1S/C51H30N4O2/c52-31-39-28-38(30-45-43-8-2-1-7-32(43)20-26-44(39)45)36-13-14-37-29-42(25-19-35(37)27-36)55(40-21-15-33(16-22-40)50-53-46-9-3-5-11-48(46)56-50)41-23-17-34(18-24-41)51-54-47-10-4-6-12-49(47)57-51/h1-30H. The van der Waals surface area contributed by atoms with Crippen molar-refractivity contribution in [1.82, 2.24) is 9.97 Å². The minimum Gasteiger partial charge on any atom is -0.436 e. The van der Waals surface area contributed by atoms with Gasteiger partial charge in [0.1, 0.15) is 11.0 Å². The monoisotopic (exact) mass is 730 g/mol. The molecule has 0 spiro atoms. The van der Waals surface area contributed by atoms with Gasteiger partial charge >= 0.3 is 0 Å². The largest absolute Gasteiger partial charge is 0.436 e. The van der Waals surface area contributed by atoms with Gasteiger partial charge in [-0.15, -0.1) is 0 Å². The molecule has 0 aliphatic carbocycles. The van der Waals surface area contributed by atoms with Crippen molar-refractivity contribution in [3.8, 4) is 40.1 Å². The van der Waals surface area contributed by atoms with Gasteiger partial charge in [0, 0.05) is 33.6 Å². The van der Waals surface area contributed by atoms with E-state index in [4.69, 9.17) is 18.8 Å². The van der Waals surface area contributed by atoms with E-state index >= 15 is 0 Å². The molecule has 0 N–H and O–H groups in total. The number of nitrogens with zero attached hydrogens (tertiary/aromatic N) is 4. The van der Waals surface area contributed by atoms with Crippen LogP contribution in [-0.2, 0) is 0 Å². The average Bonchev–Trinajstić information content (AvgIpc) is 3.92. The number of para-hydroxylation sites is 4. The lowest BCUT2D eigenvalue weighted by atomic mass is 9.93. The summed E-state index contributed by atoms with van der Waals surface area (Å²) < 4.78 is 12.2. The normalized spacial score (nSPS) is 11.5. The van der Waals surface area contributed by atoms with E-state index in [1.165, 1.54) is 0 Å². The summed E-state index contributed by atoms with van der Waals surface area (Å²) in [5.41, 5.74) is 10.7. The summed E-state index contributed by atoms with van der Waals surface area (Å²) in [4.78, 5) is 11.7. The molecule has 0 aliphatic heterocycles. The zero-order valence-corrected chi connectivity index (χ0v) is 30.4. The molecule has 0 saturated carbocycles. The summed E-state index contributed by atoms with van der Waals surface area (Å²) in [5, 5.41) is 16.7. The van der Waals surface area contributed by atoms with Gasteiger partial charge in [0.25, 0.3) is 0 Å². The van der Waals surface area contributed by atoms with E-state index in [0.29, 0.717) is 17.3 Å². The Morgan fingerprint density at radius 1 is 0.404 bits per heavy atom. The van der Waals surface area contributed by atoms with E-state index in [9.17, 15) is 5.26 Å². The van der Waals surface area contributed by atoms with Crippen LogP contribution in [0.4, 0.5) is 17.1 Å². The van der Waals surface area contributed by atoms with Crippen LogP contribution in [0.3, 0.4) is 0 Å². The van der Waals surface area contributed by atoms with Crippen molar-refractivity contribution >= 4 is 71.6 Å². The zero-order chi connectivity index (χ0) is 37.9. The van der Waals surface area contributed by atoms with Crippen molar-refractivity contribution in [1.29, 1.82) is 5.26 Å². The number of rotatable bonds is 6. The van der Waals surface area contributed by atoms with Gasteiger partial charge in [0.15, 0.2) is 11.2 Å². The third-order valence-electron chi connectivity index (χ3n) is 10.7. The Hall–Kier alpha value is -8.01. The number of benzene rings is 9. The van der Waals surface area contributed by atoms with Crippen LogP contribution in [0, 0.1) is 11.3 Å². The Morgan fingerprint density at radius 2 is 0.947 bits per heavy atom. The molecule has 11 aromatic rings. The van der Waals surface area contributed by atoms with Crippen molar-refractivity contribution in [2.45, 2.75) is 0 Å². The highest BCUT2D eigenvalue weighted by Gasteiger charge is 2.17. The van der Waals surface area contributed by atoms with E-state index < -0.39 is 0 Å². The molecule has 0 amide bonds. The summed E-state index contributed by atoms with van der Waals surface area (Å²) in [6.07, 6.45) is 0. The summed E-state index contributed by atoms with van der Waals surface area (Å²) in [6, 6.07) is 64.4. The van der Waals surface area contributed by atoms with Gasteiger partial charge in [-0.05, 0) is 141 Å². The van der Waals surface area contributed by atoms with E-state index in [0.717, 1.165) is 93.8 Å². The fourth-order valence-corrected chi connectivity index (χ4v) is 7.87. The van der Waals surface area contributed by atoms with E-state index in [1.54, 1.807) is 0 Å². The number of fused-ring (bicyclic) bond motifs is 6. The fourth-order valence-electron chi connectivity index (χ4n) is 7.87. The number of hydrogen-bond donors (Lipinski definition) is 0. The molecule has 0 unspecified atom stereocenters. The predicted molar refractivity (Wildman–Crippen MR) is 230 cm³/mol. The second-order valence-corrected chi connectivity index (χ2v) is 14.2. The molecule has 57 heavy (non-hydrogen) atoms. The maximum Gasteiger partial charge on any atom is 0.227 e. The van der Waals surface area contributed by atoms with Gasteiger partial charge < -0.3 is 13.7 Å². The highest BCUT2D eigenvalue weighted by atomic mass is 16.4. The van der Waals surface area contributed by atoms with Gasteiger partial charge in [-0.2, -0.15) is 5.26 Å². The lowest BCUT2D eigenvalue weighted by Crippen LogP contribution is -2.09. The first-order valence-corrected chi connectivity index (χ1v) is 18.8. The Morgan fingerprint density at radius 3 is 1.60 bits per heavy atom. The lowest BCUT2D eigenvalue weighted by Gasteiger charge is -2.26. The first kappa shape index (κ1) is 32.4. The fraction of sp³-hybridized carbons (Fsp3) is 0. The minimum atomic E-state index is 0.583. The smallest absolute Gasteiger partial charge is 0.227 e. The molecule has 9 aromatic carbocycles. The summed E-state index contributed by atoms with van der Waals surface area (Å²) in [5.74, 6) is 1.17. The van der Waals surface area contributed by atoms with Crippen LogP contribution in [0.5, 0.6) is 0 Å². The molecule has 2 aromatic heterocycles. The van der Waals surface area contributed by atoms with Crippen LogP contribution in [-0.4, -0.2) is 9.97 Å². The van der Waals surface area contributed by atoms with Crippen LogP contribution >= 0.6 is 0 Å². The van der Waals surface area contributed by atoms with Crippen LogP contribution in [0.25, 0.3) is 88.6 Å². The zero-order valence-electron chi connectivity index (χ0n) is 30.4. The molecular formula is C51H30N4O2. The topological polar surface area (TPSA) is 79.1 Å². The minimum absolute atomic E-state index is 0.583.